The lowest BCUT2D eigenvalue weighted by atomic mass is 10.0. The molecule has 27 heavy (non-hydrogen) atoms. The topological polar surface area (TPSA) is 41.4 Å². The Morgan fingerprint density at radius 3 is 2.48 bits per heavy atom. The Labute approximate surface area is 159 Å². The van der Waals surface area contributed by atoms with Crippen LogP contribution in [0, 0.1) is 0 Å². The Kier molecular flexibility index (Phi) is 5.03. The van der Waals surface area contributed by atoms with Gasteiger partial charge in [-0.25, -0.2) is 4.98 Å². The number of rotatable bonds is 4. The molecule has 1 saturated heterocycles. The molecule has 5 heteroatoms. The Morgan fingerprint density at radius 1 is 1.00 bits per heavy atom. The van der Waals surface area contributed by atoms with Gasteiger partial charge in [0.2, 0.25) is 0 Å². The van der Waals surface area contributed by atoms with Gasteiger partial charge < -0.3 is 14.4 Å². The summed E-state index contributed by atoms with van der Waals surface area (Å²) < 4.78 is 2.05. The maximum Gasteiger partial charge on any atom is 0.253 e. The summed E-state index contributed by atoms with van der Waals surface area (Å²) in [6.45, 7) is 4.26. The smallest absolute Gasteiger partial charge is 0.253 e. The van der Waals surface area contributed by atoms with Crippen molar-refractivity contribution in [2.75, 3.05) is 33.2 Å². The van der Waals surface area contributed by atoms with E-state index in [1.165, 1.54) is 5.56 Å². The number of hydrogen-bond donors (Lipinski definition) is 0. The fourth-order valence-corrected chi connectivity index (χ4v) is 3.42. The molecule has 0 N–H and O–H groups in total. The van der Waals surface area contributed by atoms with Crippen LogP contribution in [0.1, 0.15) is 15.9 Å². The van der Waals surface area contributed by atoms with Gasteiger partial charge in [-0.15, -0.1) is 0 Å². The molecule has 0 atom stereocenters. The second-order valence-corrected chi connectivity index (χ2v) is 7.11. The van der Waals surface area contributed by atoms with Crippen molar-refractivity contribution in [1.29, 1.82) is 0 Å². The first kappa shape index (κ1) is 17.5. The van der Waals surface area contributed by atoms with Crippen molar-refractivity contribution in [2.45, 2.75) is 6.54 Å². The number of imidazole rings is 1. The molecule has 1 amide bonds. The zero-order valence-corrected chi connectivity index (χ0v) is 15.6. The van der Waals surface area contributed by atoms with Crippen LogP contribution in [0.15, 0.2) is 67.3 Å². The lowest BCUT2D eigenvalue weighted by Gasteiger charge is -2.32. The van der Waals surface area contributed by atoms with Crippen LogP contribution in [0.3, 0.4) is 0 Å². The van der Waals surface area contributed by atoms with Crippen LogP contribution in [-0.2, 0) is 6.54 Å². The van der Waals surface area contributed by atoms with Crippen LogP contribution >= 0.6 is 0 Å². The van der Waals surface area contributed by atoms with Crippen molar-refractivity contribution in [2.24, 2.45) is 0 Å². The molecule has 5 nitrogen and oxygen atoms in total. The van der Waals surface area contributed by atoms with Crippen molar-refractivity contribution >= 4 is 5.91 Å². The van der Waals surface area contributed by atoms with Crippen LogP contribution < -0.4 is 0 Å². The fourth-order valence-electron chi connectivity index (χ4n) is 3.42. The average molecular weight is 360 g/mol. The molecule has 2 aromatic carbocycles. The number of aromatic nitrogens is 2. The highest BCUT2D eigenvalue weighted by atomic mass is 16.2. The van der Waals surface area contributed by atoms with E-state index in [2.05, 4.69) is 47.3 Å². The summed E-state index contributed by atoms with van der Waals surface area (Å²) in [5.41, 5.74) is 4.18. The van der Waals surface area contributed by atoms with E-state index in [0.717, 1.165) is 49.4 Å². The average Bonchev–Trinajstić information content (AvgIpc) is 3.22. The lowest BCUT2D eigenvalue weighted by Crippen LogP contribution is -2.47. The quantitative estimate of drug-likeness (QED) is 0.718. The molecule has 1 aromatic heterocycles. The Hall–Kier alpha value is -2.92. The normalized spacial score (nSPS) is 15.1. The largest absolute Gasteiger partial charge is 0.336 e. The molecule has 0 spiro atoms. The van der Waals surface area contributed by atoms with Gasteiger partial charge in [0.25, 0.3) is 5.91 Å². The van der Waals surface area contributed by atoms with Gasteiger partial charge in [0.15, 0.2) is 0 Å². The third-order valence-electron chi connectivity index (χ3n) is 5.11. The monoisotopic (exact) mass is 360 g/mol. The summed E-state index contributed by atoms with van der Waals surface area (Å²) in [6.07, 6.45) is 5.57. The minimum atomic E-state index is 0.127. The Balaban J connectivity index is 1.49. The highest BCUT2D eigenvalue weighted by molar-refractivity contribution is 5.95. The fraction of sp³-hybridized carbons (Fsp3) is 0.273. The summed E-state index contributed by atoms with van der Waals surface area (Å²) in [5, 5.41) is 0. The Morgan fingerprint density at radius 2 is 1.78 bits per heavy atom. The zero-order chi connectivity index (χ0) is 18.6. The molecular formula is C22H24N4O. The Bertz CT molecular complexity index is 894. The van der Waals surface area contributed by atoms with Gasteiger partial charge in [0, 0.05) is 50.7 Å². The van der Waals surface area contributed by atoms with E-state index in [0.29, 0.717) is 0 Å². The molecule has 4 rings (SSSR count). The maximum absolute atomic E-state index is 12.8. The van der Waals surface area contributed by atoms with Crippen LogP contribution in [0.2, 0.25) is 0 Å². The van der Waals surface area contributed by atoms with Gasteiger partial charge in [-0.05, 0) is 35.9 Å². The molecule has 0 saturated carbocycles. The molecule has 1 aliphatic rings. The molecule has 1 fully saturated rings. The zero-order valence-electron chi connectivity index (χ0n) is 15.6. The number of carbonyl (C=O) groups is 1. The summed E-state index contributed by atoms with van der Waals surface area (Å²) in [5.74, 6) is 0.127. The van der Waals surface area contributed by atoms with E-state index in [1.807, 2.05) is 40.2 Å². The first-order chi connectivity index (χ1) is 13.2. The first-order valence-corrected chi connectivity index (χ1v) is 9.32. The van der Waals surface area contributed by atoms with Crippen molar-refractivity contribution < 1.29 is 4.79 Å². The van der Waals surface area contributed by atoms with Crippen molar-refractivity contribution in [1.82, 2.24) is 19.4 Å². The lowest BCUT2D eigenvalue weighted by molar-refractivity contribution is 0.0664. The van der Waals surface area contributed by atoms with Crippen molar-refractivity contribution in [3.05, 3.63) is 78.4 Å². The summed E-state index contributed by atoms with van der Waals surface area (Å²) in [7, 11) is 2.10. The minimum absolute atomic E-state index is 0.127. The van der Waals surface area contributed by atoms with Gasteiger partial charge in [0.1, 0.15) is 0 Å². The molecule has 3 aromatic rings. The number of nitrogens with zero attached hydrogens (tertiary/aromatic N) is 4. The number of amides is 1. The van der Waals surface area contributed by atoms with Crippen LogP contribution in [0.4, 0.5) is 0 Å². The summed E-state index contributed by atoms with van der Waals surface area (Å²) in [6, 6.07) is 16.4. The number of benzene rings is 2. The van der Waals surface area contributed by atoms with Crippen LogP contribution in [0.5, 0.6) is 0 Å². The second kappa shape index (κ2) is 7.76. The third-order valence-corrected chi connectivity index (χ3v) is 5.11. The van der Waals surface area contributed by atoms with E-state index < -0.39 is 0 Å². The van der Waals surface area contributed by atoms with E-state index in [4.69, 9.17) is 0 Å². The number of piperazine rings is 1. The molecule has 0 unspecified atom stereocenters. The maximum atomic E-state index is 12.8. The molecule has 2 heterocycles. The highest BCUT2D eigenvalue weighted by Gasteiger charge is 2.20. The number of hydrogen-bond acceptors (Lipinski definition) is 3. The van der Waals surface area contributed by atoms with Crippen LogP contribution in [0.25, 0.3) is 11.1 Å². The van der Waals surface area contributed by atoms with E-state index in [-0.39, 0.29) is 5.91 Å². The van der Waals surface area contributed by atoms with Gasteiger partial charge >= 0.3 is 0 Å². The molecule has 1 aliphatic heterocycles. The number of carbonyl (C=O) groups excluding carboxylic acids is 1. The third kappa shape index (κ3) is 4.09. The van der Waals surface area contributed by atoms with Gasteiger partial charge in [0.05, 0.1) is 6.33 Å². The van der Waals surface area contributed by atoms with Gasteiger partial charge in [-0.1, -0.05) is 36.4 Å². The summed E-state index contributed by atoms with van der Waals surface area (Å²) >= 11 is 0. The predicted octanol–water partition coefficient (Wildman–Crippen LogP) is 2.99. The molecule has 0 aliphatic carbocycles. The van der Waals surface area contributed by atoms with E-state index >= 15 is 0 Å². The summed E-state index contributed by atoms with van der Waals surface area (Å²) in [4.78, 5) is 21.1. The van der Waals surface area contributed by atoms with Gasteiger partial charge in [-0.3, -0.25) is 4.79 Å². The number of likely N-dealkylation sites (N-methyl/N-ethyl adjacent to an activating group) is 1. The molecular weight excluding hydrogens is 336 g/mol. The second-order valence-electron chi connectivity index (χ2n) is 7.11. The van der Waals surface area contributed by atoms with Crippen molar-refractivity contribution in [3.8, 4) is 11.1 Å². The molecule has 138 valence electrons. The van der Waals surface area contributed by atoms with Crippen LogP contribution in [-0.4, -0.2) is 58.5 Å². The molecule has 0 bridgehead atoms. The molecule has 0 radical (unpaired) electrons. The van der Waals surface area contributed by atoms with Crippen molar-refractivity contribution in [3.63, 3.8) is 0 Å². The highest BCUT2D eigenvalue weighted by Crippen LogP contribution is 2.22. The minimum Gasteiger partial charge on any atom is -0.336 e. The van der Waals surface area contributed by atoms with Gasteiger partial charge in [-0.2, -0.15) is 0 Å². The SMILES string of the molecule is CN1CCN(C(=O)c2cccc(-c3ccc(Cn4ccnc4)cc3)c2)CC1. The standard InChI is InChI=1S/C22H24N4O/c1-24-11-13-26(14-12-24)22(27)21-4-2-3-20(15-21)19-7-5-18(6-8-19)16-25-10-9-23-17-25/h2-10,15,17H,11-14,16H2,1H3. The predicted molar refractivity (Wildman–Crippen MR) is 107 cm³/mol. The van der Waals surface area contributed by atoms with E-state index in [9.17, 15) is 4.79 Å². The van der Waals surface area contributed by atoms with E-state index in [1.54, 1.807) is 6.20 Å². The first-order valence-electron chi connectivity index (χ1n) is 9.32.